The van der Waals surface area contributed by atoms with E-state index < -0.39 is 0 Å². The van der Waals surface area contributed by atoms with Crippen molar-refractivity contribution in [2.24, 2.45) is 0 Å². The highest BCUT2D eigenvalue weighted by Crippen LogP contribution is 2.22. The Hall–Kier alpha value is -3.27. The molecule has 31 heavy (non-hydrogen) atoms. The summed E-state index contributed by atoms with van der Waals surface area (Å²) in [6.07, 6.45) is 0.894. The summed E-state index contributed by atoms with van der Waals surface area (Å²) in [6, 6.07) is 24.7. The van der Waals surface area contributed by atoms with Crippen LogP contribution in [0.2, 0.25) is 0 Å². The summed E-state index contributed by atoms with van der Waals surface area (Å²) >= 11 is 0. The predicted octanol–water partition coefficient (Wildman–Crippen LogP) is 6.52. The van der Waals surface area contributed by atoms with Gasteiger partial charge in [-0.15, -0.1) is 0 Å². The molecular weight excluding hydrogens is 384 g/mol. The summed E-state index contributed by atoms with van der Waals surface area (Å²) in [4.78, 5) is 4.82. The second kappa shape index (κ2) is 9.69. The van der Waals surface area contributed by atoms with E-state index in [1.54, 1.807) is 0 Å². The summed E-state index contributed by atoms with van der Waals surface area (Å²) in [7, 11) is 0. The van der Waals surface area contributed by atoms with Crippen LogP contribution in [-0.2, 0) is 13.2 Å². The maximum Gasteiger partial charge on any atom is 0.147 e. The molecule has 4 nitrogen and oxygen atoms in total. The Kier molecular flexibility index (Phi) is 6.56. The fraction of sp³-hybridized carbons (Fsp3) is 0.296. The van der Waals surface area contributed by atoms with E-state index in [0.29, 0.717) is 19.1 Å². The highest BCUT2D eigenvalue weighted by Gasteiger charge is 2.11. The highest BCUT2D eigenvalue weighted by molar-refractivity contribution is 5.75. The number of rotatable bonds is 9. The Bertz CT molecular complexity index is 1130. The molecule has 0 unspecified atom stereocenters. The topological polar surface area (TPSA) is 36.3 Å². The van der Waals surface area contributed by atoms with Crippen LogP contribution in [-0.4, -0.2) is 16.2 Å². The van der Waals surface area contributed by atoms with Crippen molar-refractivity contribution in [2.45, 2.75) is 46.3 Å². The van der Waals surface area contributed by atoms with Crippen LogP contribution >= 0.6 is 0 Å². The molecule has 160 valence electrons. The van der Waals surface area contributed by atoms with E-state index in [-0.39, 0.29) is 0 Å². The van der Waals surface area contributed by atoms with Crippen LogP contribution in [0.3, 0.4) is 0 Å². The molecule has 0 N–H and O–H groups in total. The number of hydrogen-bond donors (Lipinski definition) is 0. The average Bonchev–Trinajstić information content (AvgIpc) is 3.14. The molecule has 1 aromatic heterocycles. The second-order valence-electron chi connectivity index (χ2n) is 8.15. The van der Waals surface area contributed by atoms with Gasteiger partial charge in [0, 0.05) is 6.54 Å². The zero-order valence-electron chi connectivity index (χ0n) is 18.5. The van der Waals surface area contributed by atoms with Crippen LogP contribution in [0.4, 0.5) is 0 Å². The van der Waals surface area contributed by atoms with E-state index in [2.05, 4.69) is 61.7 Å². The average molecular weight is 415 g/mol. The van der Waals surface area contributed by atoms with Crippen LogP contribution in [0.25, 0.3) is 11.0 Å². The minimum atomic E-state index is 0.439. The highest BCUT2D eigenvalue weighted by atomic mass is 16.5. The Morgan fingerprint density at radius 1 is 0.871 bits per heavy atom. The Labute approximate surface area is 184 Å². The smallest absolute Gasteiger partial charge is 0.147 e. The molecule has 0 fully saturated rings. The Balaban J connectivity index is 1.43. The molecule has 0 atom stereocenters. The van der Waals surface area contributed by atoms with E-state index >= 15 is 0 Å². The second-order valence-corrected chi connectivity index (χ2v) is 8.15. The van der Waals surface area contributed by atoms with E-state index in [9.17, 15) is 0 Å². The maximum atomic E-state index is 6.07. The van der Waals surface area contributed by atoms with Crippen LogP contribution in [0.5, 0.6) is 11.5 Å². The molecule has 3 aromatic carbocycles. The van der Waals surface area contributed by atoms with Crippen molar-refractivity contribution in [3.05, 3.63) is 89.7 Å². The van der Waals surface area contributed by atoms with Crippen LogP contribution in [0.15, 0.2) is 72.8 Å². The molecule has 4 rings (SSSR count). The van der Waals surface area contributed by atoms with Gasteiger partial charge in [0.1, 0.15) is 23.9 Å². The van der Waals surface area contributed by atoms with Crippen LogP contribution < -0.4 is 9.47 Å². The van der Waals surface area contributed by atoms with E-state index in [0.717, 1.165) is 46.9 Å². The largest absolute Gasteiger partial charge is 0.493 e. The number of aromatic nitrogens is 2. The molecule has 1 heterocycles. The van der Waals surface area contributed by atoms with Gasteiger partial charge >= 0.3 is 0 Å². The molecule has 4 heteroatoms. The van der Waals surface area contributed by atoms with Crippen molar-refractivity contribution in [1.82, 2.24) is 9.55 Å². The van der Waals surface area contributed by atoms with E-state index in [1.165, 1.54) is 5.56 Å². The minimum absolute atomic E-state index is 0.439. The molecule has 0 saturated carbocycles. The number of fused-ring (bicyclic) bond motifs is 1. The SMILES string of the molecule is Cc1ccccc1OCCCn1c(COc2ccc(C(C)C)cc2)nc2ccccc21. The number of aryl methyl sites for hydroxylation is 2. The maximum absolute atomic E-state index is 6.07. The van der Waals surface area contributed by atoms with Gasteiger partial charge in [0.15, 0.2) is 0 Å². The van der Waals surface area contributed by atoms with Crippen molar-refractivity contribution in [1.29, 1.82) is 0 Å². The molecule has 0 spiro atoms. The number of imidazole rings is 1. The number of hydrogen-bond acceptors (Lipinski definition) is 3. The molecule has 4 aromatic rings. The summed E-state index contributed by atoms with van der Waals surface area (Å²) in [5.74, 6) is 3.27. The van der Waals surface area contributed by atoms with Crippen molar-refractivity contribution in [3.8, 4) is 11.5 Å². The van der Waals surface area contributed by atoms with Gasteiger partial charge in [-0.3, -0.25) is 0 Å². The molecule has 0 saturated heterocycles. The molecule has 0 amide bonds. The van der Waals surface area contributed by atoms with Crippen molar-refractivity contribution < 1.29 is 9.47 Å². The van der Waals surface area contributed by atoms with E-state index in [4.69, 9.17) is 14.5 Å². The Morgan fingerprint density at radius 2 is 1.61 bits per heavy atom. The fourth-order valence-electron chi connectivity index (χ4n) is 3.71. The van der Waals surface area contributed by atoms with Crippen molar-refractivity contribution >= 4 is 11.0 Å². The first-order valence-electron chi connectivity index (χ1n) is 11.0. The minimum Gasteiger partial charge on any atom is -0.493 e. The predicted molar refractivity (Wildman–Crippen MR) is 126 cm³/mol. The third-order valence-corrected chi connectivity index (χ3v) is 5.53. The lowest BCUT2D eigenvalue weighted by Gasteiger charge is -2.12. The van der Waals surface area contributed by atoms with Gasteiger partial charge in [0.2, 0.25) is 0 Å². The van der Waals surface area contributed by atoms with Crippen molar-refractivity contribution in [2.75, 3.05) is 6.61 Å². The lowest BCUT2D eigenvalue weighted by Crippen LogP contribution is -2.10. The normalized spacial score (nSPS) is 11.2. The zero-order chi connectivity index (χ0) is 21.6. The lowest BCUT2D eigenvalue weighted by molar-refractivity contribution is 0.280. The first-order chi connectivity index (χ1) is 15.1. The third kappa shape index (κ3) is 5.08. The number of ether oxygens (including phenoxy) is 2. The monoisotopic (exact) mass is 414 g/mol. The quantitative estimate of drug-likeness (QED) is 0.293. The van der Waals surface area contributed by atoms with Gasteiger partial charge in [-0.1, -0.05) is 56.3 Å². The van der Waals surface area contributed by atoms with E-state index in [1.807, 2.05) is 36.4 Å². The lowest BCUT2D eigenvalue weighted by atomic mass is 10.0. The molecule has 0 aliphatic rings. The summed E-state index contributed by atoms with van der Waals surface area (Å²) in [5, 5.41) is 0. The zero-order valence-corrected chi connectivity index (χ0v) is 18.5. The third-order valence-electron chi connectivity index (χ3n) is 5.53. The Morgan fingerprint density at radius 3 is 2.39 bits per heavy atom. The van der Waals surface area contributed by atoms with Gasteiger partial charge in [-0.05, 0) is 60.7 Å². The molecule has 0 bridgehead atoms. The van der Waals surface area contributed by atoms with Crippen molar-refractivity contribution in [3.63, 3.8) is 0 Å². The van der Waals surface area contributed by atoms with Gasteiger partial charge in [0.25, 0.3) is 0 Å². The van der Waals surface area contributed by atoms with Gasteiger partial charge in [-0.2, -0.15) is 0 Å². The summed E-state index contributed by atoms with van der Waals surface area (Å²) in [5.41, 5.74) is 4.60. The first-order valence-corrected chi connectivity index (χ1v) is 11.0. The van der Waals surface area contributed by atoms with Gasteiger partial charge in [-0.25, -0.2) is 4.98 Å². The fourth-order valence-corrected chi connectivity index (χ4v) is 3.71. The van der Waals surface area contributed by atoms with Crippen LogP contribution in [0, 0.1) is 6.92 Å². The number of nitrogens with zero attached hydrogens (tertiary/aromatic N) is 2. The summed E-state index contributed by atoms with van der Waals surface area (Å²) < 4.78 is 14.3. The van der Waals surface area contributed by atoms with Gasteiger partial charge in [0.05, 0.1) is 17.6 Å². The summed E-state index contributed by atoms with van der Waals surface area (Å²) in [6.45, 7) is 8.39. The molecular formula is C27H30N2O2. The van der Waals surface area contributed by atoms with Crippen LogP contribution in [0.1, 0.15) is 43.1 Å². The first kappa shape index (κ1) is 21.0. The standard InChI is InChI=1S/C27H30N2O2/c1-20(2)22-13-15-23(16-14-22)31-19-27-28-24-10-5-6-11-25(24)29(27)17-8-18-30-26-12-7-4-9-21(26)3/h4-7,9-16,20H,8,17-19H2,1-3H3. The van der Waals surface area contributed by atoms with Gasteiger partial charge < -0.3 is 14.0 Å². The molecule has 0 aliphatic heterocycles. The number of para-hydroxylation sites is 3. The molecule has 0 aliphatic carbocycles. The number of benzene rings is 3. The molecule has 0 radical (unpaired) electrons.